The van der Waals surface area contributed by atoms with E-state index in [1.807, 2.05) is 48.7 Å². The van der Waals surface area contributed by atoms with Gasteiger partial charge in [0.1, 0.15) is 0 Å². The van der Waals surface area contributed by atoms with E-state index in [1.54, 1.807) is 6.92 Å². The van der Waals surface area contributed by atoms with Crippen molar-refractivity contribution in [1.29, 1.82) is 10.5 Å². The van der Waals surface area contributed by atoms with E-state index in [-0.39, 0.29) is 6.61 Å². The molecule has 0 fully saturated rings. The second-order valence-corrected chi connectivity index (χ2v) is 8.92. The molecule has 1 aromatic carbocycles. The van der Waals surface area contributed by atoms with Gasteiger partial charge in [-0.2, -0.15) is 10.5 Å². The molecule has 7 heteroatoms. The highest BCUT2D eigenvalue weighted by molar-refractivity contribution is 8.03. The number of unbranched alkanes of at least 4 members (excludes halogenated alkanes) is 1. The lowest BCUT2D eigenvalue weighted by molar-refractivity contribution is -0.138. The van der Waals surface area contributed by atoms with Crippen molar-refractivity contribution in [2.45, 2.75) is 32.6 Å². The second kappa shape index (κ2) is 10.9. The number of hydrogen-bond acceptors (Lipinski definition) is 7. The SMILES string of the molecule is CCOC(=O)C1=C(c2ccccc2)NC(SCCCC#N)=C(C#N)[C@@H]1c1sccc1C. The van der Waals surface area contributed by atoms with Crippen molar-refractivity contribution in [3.05, 3.63) is 74.0 Å². The number of benzene rings is 1. The molecule has 0 radical (unpaired) electrons. The Labute approximate surface area is 191 Å². The van der Waals surface area contributed by atoms with Crippen molar-refractivity contribution >= 4 is 34.8 Å². The Morgan fingerprint density at radius 3 is 2.65 bits per heavy atom. The first-order valence-corrected chi connectivity index (χ1v) is 11.9. The van der Waals surface area contributed by atoms with Gasteiger partial charge in [-0.1, -0.05) is 30.3 Å². The number of nitriles is 2. The van der Waals surface area contributed by atoms with E-state index in [2.05, 4.69) is 17.5 Å². The smallest absolute Gasteiger partial charge is 0.337 e. The lowest BCUT2D eigenvalue weighted by Gasteiger charge is -2.30. The molecule has 31 heavy (non-hydrogen) atoms. The van der Waals surface area contributed by atoms with Crippen LogP contribution in [0.4, 0.5) is 0 Å². The predicted molar refractivity (Wildman–Crippen MR) is 125 cm³/mol. The van der Waals surface area contributed by atoms with E-state index in [1.165, 1.54) is 23.1 Å². The van der Waals surface area contributed by atoms with Crippen LogP contribution in [0.15, 0.2) is 58.0 Å². The van der Waals surface area contributed by atoms with Crippen LogP contribution in [0.5, 0.6) is 0 Å². The van der Waals surface area contributed by atoms with Crippen molar-refractivity contribution in [2.24, 2.45) is 0 Å². The fourth-order valence-electron chi connectivity index (χ4n) is 3.43. The zero-order valence-electron chi connectivity index (χ0n) is 17.5. The van der Waals surface area contributed by atoms with E-state index >= 15 is 0 Å². The van der Waals surface area contributed by atoms with Crippen LogP contribution < -0.4 is 5.32 Å². The van der Waals surface area contributed by atoms with Crippen LogP contribution in [0.25, 0.3) is 5.70 Å². The number of dihydropyridines is 1. The van der Waals surface area contributed by atoms with Crippen LogP contribution in [-0.2, 0) is 9.53 Å². The average molecular weight is 450 g/mol. The highest BCUT2D eigenvalue weighted by Gasteiger charge is 2.38. The maximum atomic E-state index is 13.2. The standard InChI is InChI=1S/C24H23N3O2S2/c1-3-29-24(28)20-19(22-16(2)11-14-30-22)18(15-26)23(31-13-8-7-12-25)27-21(20)17-9-5-4-6-10-17/h4-6,9-11,14,19,27H,3,7-8,13H2,1-2H3/t19-/m0/s1. The quantitative estimate of drug-likeness (QED) is 0.424. The molecule has 0 bridgehead atoms. The molecule has 2 aromatic rings. The molecular weight excluding hydrogens is 426 g/mol. The first-order chi connectivity index (χ1) is 15.1. The maximum absolute atomic E-state index is 13.2. The van der Waals surface area contributed by atoms with Crippen LogP contribution in [0.2, 0.25) is 0 Å². The summed E-state index contributed by atoms with van der Waals surface area (Å²) in [5.41, 5.74) is 3.52. The highest BCUT2D eigenvalue weighted by atomic mass is 32.2. The topological polar surface area (TPSA) is 85.9 Å². The molecule has 1 aliphatic rings. The van der Waals surface area contributed by atoms with Gasteiger partial charge in [-0.15, -0.1) is 23.1 Å². The zero-order chi connectivity index (χ0) is 22.2. The molecule has 0 aliphatic carbocycles. The largest absolute Gasteiger partial charge is 0.463 e. The third-order valence-electron chi connectivity index (χ3n) is 4.85. The summed E-state index contributed by atoms with van der Waals surface area (Å²) in [6, 6.07) is 16.2. The summed E-state index contributed by atoms with van der Waals surface area (Å²) in [5.74, 6) is -0.222. The fourth-order valence-corrected chi connectivity index (χ4v) is 5.46. The number of thioether (sulfide) groups is 1. The van der Waals surface area contributed by atoms with Crippen molar-refractivity contribution in [3.63, 3.8) is 0 Å². The summed E-state index contributed by atoms with van der Waals surface area (Å²) in [6.45, 7) is 4.02. The van der Waals surface area contributed by atoms with Crippen molar-refractivity contribution in [3.8, 4) is 12.1 Å². The number of nitrogens with zero attached hydrogens (tertiary/aromatic N) is 2. The molecule has 0 saturated carbocycles. The van der Waals surface area contributed by atoms with Crippen LogP contribution in [0.3, 0.4) is 0 Å². The number of rotatable bonds is 8. The normalized spacial score (nSPS) is 15.8. The summed E-state index contributed by atoms with van der Waals surface area (Å²) in [7, 11) is 0. The van der Waals surface area contributed by atoms with Crippen LogP contribution >= 0.6 is 23.1 Å². The number of aryl methyl sites for hydroxylation is 1. The number of ether oxygens (including phenoxy) is 1. The number of thiophene rings is 1. The molecule has 2 heterocycles. The molecule has 0 amide bonds. The van der Waals surface area contributed by atoms with E-state index < -0.39 is 11.9 Å². The Kier molecular flexibility index (Phi) is 7.94. The minimum atomic E-state index is -0.501. The number of nitrogens with one attached hydrogen (secondary N) is 1. The molecule has 0 spiro atoms. The van der Waals surface area contributed by atoms with E-state index in [0.29, 0.717) is 29.0 Å². The summed E-state index contributed by atoms with van der Waals surface area (Å²) >= 11 is 3.05. The van der Waals surface area contributed by atoms with Gasteiger partial charge >= 0.3 is 5.97 Å². The predicted octanol–water partition coefficient (Wildman–Crippen LogP) is 5.49. The van der Waals surface area contributed by atoms with Gasteiger partial charge < -0.3 is 10.1 Å². The Morgan fingerprint density at radius 1 is 1.26 bits per heavy atom. The van der Waals surface area contributed by atoms with Crippen molar-refractivity contribution < 1.29 is 9.53 Å². The third-order valence-corrected chi connectivity index (χ3v) is 7.04. The molecule has 5 nitrogen and oxygen atoms in total. The molecule has 1 aromatic heterocycles. The first kappa shape index (κ1) is 22.7. The fraction of sp³-hybridized carbons (Fsp3) is 0.292. The van der Waals surface area contributed by atoms with Crippen LogP contribution in [0.1, 0.15) is 41.7 Å². The number of carbonyl (C=O) groups excluding carboxylic acids is 1. The average Bonchev–Trinajstić information content (AvgIpc) is 3.21. The van der Waals surface area contributed by atoms with Gasteiger partial charge in [0, 0.05) is 17.1 Å². The summed E-state index contributed by atoms with van der Waals surface area (Å²) < 4.78 is 5.44. The van der Waals surface area contributed by atoms with Gasteiger partial charge in [0.2, 0.25) is 0 Å². The summed E-state index contributed by atoms with van der Waals surface area (Å²) in [6.07, 6.45) is 1.19. The molecule has 1 atom stereocenters. The van der Waals surface area contributed by atoms with E-state index in [0.717, 1.165) is 27.5 Å². The molecule has 3 rings (SSSR count). The maximum Gasteiger partial charge on any atom is 0.337 e. The Bertz CT molecular complexity index is 1090. The Hall–Kier alpha value is -3.00. The minimum absolute atomic E-state index is 0.252. The number of allylic oxidation sites excluding steroid dienone is 1. The third kappa shape index (κ3) is 5.02. The van der Waals surface area contributed by atoms with Crippen LogP contribution in [0, 0.1) is 29.6 Å². The monoisotopic (exact) mass is 449 g/mol. The summed E-state index contributed by atoms with van der Waals surface area (Å²) in [4.78, 5) is 14.1. The Morgan fingerprint density at radius 2 is 2.03 bits per heavy atom. The summed E-state index contributed by atoms with van der Waals surface area (Å²) in [5, 5.41) is 25.0. The molecule has 0 unspecified atom stereocenters. The van der Waals surface area contributed by atoms with Gasteiger partial charge in [-0.05, 0) is 42.8 Å². The minimum Gasteiger partial charge on any atom is -0.463 e. The second-order valence-electron chi connectivity index (χ2n) is 6.87. The van der Waals surface area contributed by atoms with Gasteiger partial charge in [-0.3, -0.25) is 0 Å². The number of hydrogen-bond donors (Lipinski definition) is 1. The van der Waals surface area contributed by atoms with Gasteiger partial charge in [0.05, 0.1) is 46.5 Å². The first-order valence-electron chi connectivity index (χ1n) is 10.0. The number of esters is 1. The van der Waals surface area contributed by atoms with Crippen molar-refractivity contribution in [1.82, 2.24) is 5.32 Å². The molecule has 1 N–H and O–H groups in total. The number of carbonyl (C=O) groups is 1. The zero-order valence-corrected chi connectivity index (χ0v) is 19.1. The molecule has 158 valence electrons. The molecule has 1 aliphatic heterocycles. The van der Waals surface area contributed by atoms with E-state index in [4.69, 9.17) is 10.00 Å². The van der Waals surface area contributed by atoms with Crippen LogP contribution in [-0.4, -0.2) is 18.3 Å². The lowest BCUT2D eigenvalue weighted by atomic mass is 9.84. The molecule has 0 saturated heterocycles. The van der Waals surface area contributed by atoms with E-state index in [9.17, 15) is 10.1 Å². The molecular formula is C24H23N3O2S2. The highest BCUT2D eigenvalue weighted by Crippen LogP contribution is 2.45. The van der Waals surface area contributed by atoms with Crippen molar-refractivity contribution in [2.75, 3.05) is 12.4 Å². The van der Waals surface area contributed by atoms with Gasteiger partial charge in [0.25, 0.3) is 0 Å². The Balaban J connectivity index is 2.19. The van der Waals surface area contributed by atoms with Gasteiger partial charge in [0.15, 0.2) is 0 Å². The lowest BCUT2D eigenvalue weighted by Crippen LogP contribution is -2.29. The van der Waals surface area contributed by atoms with Gasteiger partial charge in [-0.25, -0.2) is 4.79 Å².